The first-order chi connectivity index (χ1) is 8.69. The maximum absolute atomic E-state index is 11.9. The lowest BCUT2D eigenvalue weighted by atomic mass is 10.2. The van der Waals surface area contributed by atoms with E-state index in [4.69, 9.17) is 6.42 Å². The number of carbonyl (C=O) groups is 1. The number of anilines is 1. The van der Waals surface area contributed by atoms with E-state index in [1.54, 1.807) is 24.3 Å². The van der Waals surface area contributed by atoms with E-state index in [9.17, 15) is 10.0 Å². The quantitative estimate of drug-likeness (QED) is 0.490. The van der Waals surface area contributed by atoms with Crippen LogP contribution in [0, 0.1) is 17.6 Å². The van der Waals surface area contributed by atoms with Gasteiger partial charge in [0.2, 0.25) is 0 Å². The molecule has 0 saturated carbocycles. The molecular formula is C14H10N2O2. The van der Waals surface area contributed by atoms with Crippen molar-refractivity contribution in [2.45, 2.75) is 0 Å². The number of pyridine rings is 1. The fourth-order valence-electron chi connectivity index (χ4n) is 1.45. The fourth-order valence-corrected chi connectivity index (χ4v) is 1.45. The third-order valence-electron chi connectivity index (χ3n) is 2.35. The molecule has 4 nitrogen and oxygen atoms in total. The van der Waals surface area contributed by atoms with Crippen LogP contribution in [0.3, 0.4) is 0 Å². The van der Waals surface area contributed by atoms with Crippen molar-refractivity contribution in [3.05, 3.63) is 65.1 Å². The van der Waals surface area contributed by atoms with Crippen LogP contribution in [0.25, 0.3) is 0 Å². The predicted octanol–water partition coefficient (Wildman–Crippen LogP) is 1.55. The molecule has 0 saturated heterocycles. The van der Waals surface area contributed by atoms with Gasteiger partial charge in [0, 0.05) is 23.4 Å². The van der Waals surface area contributed by atoms with E-state index >= 15 is 0 Å². The molecule has 0 radical (unpaired) electrons. The average Bonchev–Trinajstić information content (AvgIpc) is 2.39. The molecule has 0 atom stereocenters. The molecule has 0 aliphatic carbocycles. The highest BCUT2D eigenvalue weighted by Crippen LogP contribution is 2.11. The van der Waals surface area contributed by atoms with Gasteiger partial charge in [0.05, 0.1) is 5.56 Å². The maximum Gasteiger partial charge on any atom is 0.256 e. The van der Waals surface area contributed by atoms with E-state index in [-0.39, 0.29) is 5.91 Å². The predicted molar refractivity (Wildman–Crippen MR) is 67.7 cm³/mol. The van der Waals surface area contributed by atoms with Crippen molar-refractivity contribution < 1.29 is 9.52 Å². The van der Waals surface area contributed by atoms with Crippen LogP contribution >= 0.6 is 0 Å². The molecule has 0 aliphatic heterocycles. The highest BCUT2D eigenvalue weighted by atomic mass is 16.5. The van der Waals surface area contributed by atoms with Gasteiger partial charge in [0.15, 0.2) is 12.4 Å². The number of aromatic nitrogens is 1. The Morgan fingerprint density at radius 3 is 2.67 bits per heavy atom. The summed E-state index contributed by atoms with van der Waals surface area (Å²) < 4.78 is 0.621. The van der Waals surface area contributed by atoms with Gasteiger partial charge in [-0.05, 0) is 18.2 Å². The van der Waals surface area contributed by atoms with Crippen molar-refractivity contribution in [2.75, 3.05) is 5.32 Å². The van der Waals surface area contributed by atoms with Gasteiger partial charge in [-0.1, -0.05) is 12.0 Å². The first kappa shape index (κ1) is 11.7. The number of nitrogens with zero attached hydrogens (tertiary/aromatic N) is 1. The minimum atomic E-state index is -0.287. The maximum atomic E-state index is 11.9. The van der Waals surface area contributed by atoms with Gasteiger partial charge in [-0.25, -0.2) is 0 Å². The Balaban J connectivity index is 2.16. The van der Waals surface area contributed by atoms with Crippen LogP contribution in [-0.2, 0) is 0 Å². The zero-order valence-electron chi connectivity index (χ0n) is 9.46. The van der Waals surface area contributed by atoms with Crippen molar-refractivity contribution >= 4 is 11.6 Å². The Labute approximate surface area is 104 Å². The zero-order chi connectivity index (χ0) is 13.0. The third kappa shape index (κ3) is 2.66. The summed E-state index contributed by atoms with van der Waals surface area (Å²) in [5.74, 6) is 2.20. The topological polar surface area (TPSA) is 56.0 Å². The lowest BCUT2D eigenvalue weighted by Crippen LogP contribution is -2.25. The molecule has 0 aliphatic rings. The Morgan fingerprint density at radius 1 is 1.28 bits per heavy atom. The van der Waals surface area contributed by atoms with Crippen LogP contribution in [0.1, 0.15) is 15.9 Å². The molecule has 1 aromatic heterocycles. The summed E-state index contributed by atoms with van der Waals surface area (Å²) in [4.78, 5) is 11.9. The SMILES string of the molecule is C#Cc1cccc(NC(=O)c2cc[n+]([O-])cc2)c1. The van der Waals surface area contributed by atoms with Crippen molar-refractivity contribution in [3.63, 3.8) is 0 Å². The van der Waals surface area contributed by atoms with Gasteiger partial charge in [-0.2, -0.15) is 4.73 Å². The standard InChI is InChI=1S/C14H10N2O2/c1-2-11-4-3-5-13(10-11)15-14(17)12-6-8-16(18)9-7-12/h1,3-10H,(H,15,17). The minimum absolute atomic E-state index is 0.287. The first-order valence-corrected chi connectivity index (χ1v) is 5.26. The van der Waals surface area contributed by atoms with E-state index in [1.807, 2.05) is 0 Å². The number of nitrogens with one attached hydrogen (secondary N) is 1. The van der Waals surface area contributed by atoms with Gasteiger partial charge in [0.25, 0.3) is 5.91 Å². The van der Waals surface area contributed by atoms with Crippen LogP contribution < -0.4 is 10.0 Å². The molecule has 2 aromatic rings. The molecule has 18 heavy (non-hydrogen) atoms. The van der Waals surface area contributed by atoms with E-state index in [0.717, 1.165) is 0 Å². The highest BCUT2D eigenvalue weighted by Gasteiger charge is 2.07. The van der Waals surface area contributed by atoms with Gasteiger partial charge < -0.3 is 10.5 Å². The first-order valence-electron chi connectivity index (χ1n) is 5.26. The van der Waals surface area contributed by atoms with Gasteiger partial charge in [-0.3, -0.25) is 4.79 Å². The molecule has 0 bridgehead atoms. The molecule has 4 heteroatoms. The molecule has 0 fully saturated rings. The summed E-state index contributed by atoms with van der Waals surface area (Å²) in [6.07, 6.45) is 7.82. The average molecular weight is 238 g/mol. The Kier molecular flexibility index (Phi) is 3.26. The second-order valence-electron chi connectivity index (χ2n) is 3.63. The van der Waals surface area contributed by atoms with Crippen molar-refractivity contribution in [2.24, 2.45) is 0 Å². The van der Waals surface area contributed by atoms with Crippen LogP contribution in [0.15, 0.2) is 48.8 Å². The smallest absolute Gasteiger partial charge is 0.256 e. The number of benzene rings is 1. The fraction of sp³-hybridized carbons (Fsp3) is 0. The number of hydrogen-bond donors (Lipinski definition) is 1. The highest BCUT2D eigenvalue weighted by molar-refractivity contribution is 6.04. The monoisotopic (exact) mass is 238 g/mol. The van der Waals surface area contributed by atoms with E-state index in [0.29, 0.717) is 21.5 Å². The Hall–Kier alpha value is -2.80. The summed E-state index contributed by atoms with van der Waals surface area (Å²) in [6.45, 7) is 0. The van der Waals surface area contributed by atoms with E-state index in [1.165, 1.54) is 24.5 Å². The molecule has 1 N–H and O–H groups in total. The summed E-state index contributed by atoms with van der Waals surface area (Å²) in [7, 11) is 0. The summed E-state index contributed by atoms with van der Waals surface area (Å²) in [5.41, 5.74) is 1.72. The van der Waals surface area contributed by atoms with Gasteiger partial charge in [0.1, 0.15) is 0 Å². The molecular weight excluding hydrogens is 228 g/mol. The summed E-state index contributed by atoms with van der Waals surface area (Å²) >= 11 is 0. The summed E-state index contributed by atoms with van der Waals surface area (Å²) in [6, 6.07) is 9.89. The van der Waals surface area contributed by atoms with Crippen LogP contribution in [0.4, 0.5) is 5.69 Å². The molecule has 0 spiro atoms. The van der Waals surface area contributed by atoms with Gasteiger partial charge in [-0.15, -0.1) is 6.42 Å². The molecule has 1 amide bonds. The lowest BCUT2D eigenvalue weighted by Gasteiger charge is -2.05. The normalized spacial score (nSPS) is 9.50. The molecule has 2 rings (SSSR count). The number of amides is 1. The zero-order valence-corrected chi connectivity index (χ0v) is 9.46. The van der Waals surface area contributed by atoms with E-state index < -0.39 is 0 Å². The van der Waals surface area contributed by atoms with Crippen molar-refractivity contribution in [3.8, 4) is 12.3 Å². The van der Waals surface area contributed by atoms with Crippen LogP contribution in [0.2, 0.25) is 0 Å². The molecule has 1 heterocycles. The summed E-state index contributed by atoms with van der Waals surface area (Å²) in [5, 5.41) is 13.6. The number of rotatable bonds is 2. The van der Waals surface area contributed by atoms with Gasteiger partial charge >= 0.3 is 0 Å². The Morgan fingerprint density at radius 2 is 2.00 bits per heavy atom. The molecule has 88 valence electrons. The second kappa shape index (κ2) is 5.02. The molecule has 0 unspecified atom stereocenters. The largest absolute Gasteiger partial charge is 0.619 e. The van der Waals surface area contributed by atoms with Crippen molar-refractivity contribution in [1.29, 1.82) is 0 Å². The van der Waals surface area contributed by atoms with Crippen LogP contribution in [-0.4, -0.2) is 5.91 Å². The van der Waals surface area contributed by atoms with Crippen molar-refractivity contribution in [1.82, 2.24) is 0 Å². The third-order valence-corrected chi connectivity index (χ3v) is 2.35. The lowest BCUT2D eigenvalue weighted by molar-refractivity contribution is -0.605. The second-order valence-corrected chi connectivity index (χ2v) is 3.63. The Bertz CT molecular complexity index is 612. The van der Waals surface area contributed by atoms with Crippen LogP contribution in [0.5, 0.6) is 0 Å². The number of terminal acetylenes is 1. The van der Waals surface area contributed by atoms with E-state index in [2.05, 4.69) is 11.2 Å². The molecule has 1 aromatic carbocycles. The number of hydrogen-bond acceptors (Lipinski definition) is 2. The number of carbonyl (C=O) groups excluding carboxylic acids is 1. The minimum Gasteiger partial charge on any atom is -0.619 e.